The molecule has 2 atom stereocenters. The molecule has 0 saturated heterocycles. The van der Waals surface area contributed by atoms with E-state index in [0.29, 0.717) is 23.9 Å². The molecule has 0 aromatic carbocycles. The fourth-order valence-electron chi connectivity index (χ4n) is 9.74. The zero-order chi connectivity index (χ0) is 59.1. The zero-order valence-electron chi connectivity index (χ0n) is 53.7. The molecule has 0 radical (unpaired) electrons. The molecule has 9 heteroatoms. The Labute approximate surface area is 500 Å². The van der Waals surface area contributed by atoms with Crippen molar-refractivity contribution in [2.24, 2.45) is 0 Å². The van der Waals surface area contributed by atoms with Crippen LogP contribution in [-0.4, -0.2) is 82.3 Å². The van der Waals surface area contributed by atoms with Crippen molar-refractivity contribution in [2.75, 3.05) is 47.5 Å². The Hall–Kier alpha value is -3.27. The lowest BCUT2D eigenvalue weighted by Gasteiger charge is -2.26. The number of carbonyl (C=O) groups excluding carboxylic acids is 3. The van der Waals surface area contributed by atoms with Gasteiger partial charge in [-0.15, -0.1) is 0 Å². The van der Waals surface area contributed by atoms with Crippen molar-refractivity contribution in [3.8, 4) is 0 Å². The molecule has 0 aliphatic heterocycles. The van der Waals surface area contributed by atoms with Gasteiger partial charge in [0.15, 0.2) is 12.4 Å². The van der Waals surface area contributed by atoms with E-state index in [1.165, 1.54) is 212 Å². The Bertz CT molecular complexity index is 1560. The van der Waals surface area contributed by atoms with Gasteiger partial charge in [-0.2, -0.15) is 0 Å². The van der Waals surface area contributed by atoms with Crippen LogP contribution in [0.25, 0.3) is 0 Å². The number of likely N-dealkylation sites (N-methyl/N-ethyl adjacent to an activating group) is 1. The van der Waals surface area contributed by atoms with Gasteiger partial charge < -0.3 is 33.3 Å². The van der Waals surface area contributed by atoms with Crippen molar-refractivity contribution in [1.29, 1.82) is 0 Å². The SMILES string of the molecule is CC/C=C\C/C=C\C/C=C\C/C=C\C/C=C\CCCCCCCCCCCCCCCCCCCCCC(=O)OC(COC(=O)CCCCCCCCCCC/C=C\CCCCCCCCCC)COC(OCC[N+](C)(C)C)C(=O)[O-]. The maximum atomic E-state index is 12.9. The summed E-state index contributed by atoms with van der Waals surface area (Å²) in [5.74, 6) is -2.27. The highest BCUT2D eigenvalue weighted by Gasteiger charge is 2.22. The first kappa shape index (κ1) is 77.7. The summed E-state index contributed by atoms with van der Waals surface area (Å²) in [4.78, 5) is 37.4. The molecule has 0 fully saturated rings. The van der Waals surface area contributed by atoms with Gasteiger partial charge in [0, 0.05) is 12.8 Å². The van der Waals surface area contributed by atoms with Crippen LogP contribution in [-0.2, 0) is 33.3 Å². The second-order valence-corrected chi connectivity index (χ2v) is 24.1. The molecule has 0 bridgehead atoms. The third-order valence-corrected chi connectivity index (χ3v) is 14.9. The summed E-state index contributed by atoms with van der Waals surface area (Å²) in [5, 5.41) is 11.8. The van der Waals surface area contributed by atoms with E-state index in [-0.39, 0.29) is 32.2 Å². The van der Waals surface area contributed by atoms with E-state index in [9.17, 15) is 19.5 Å². The summed E-state index contributed by atoms with van der Waals surface area (Å²) >= 11 is 0. The highest BCUT2D eigenvalue weighted by molar-refractivity contribution is 5.70. The van der Waals surface area contributed by atoms with Crippen molar-refractivity contribution in [3.63, 3.8) is 0 Å². The number of nitrogens with zero attached hydrogens (tertiary/aromatic N) is 1. The molecule has 0 aliphatic rings. The van der Waals surface area contributed by atoms with Crippen molar-refractivity contribution in [2.45, 2.75) is 322 Å². The first-order valence-electron chi connectivity index (χ1n) is 34.1. The number of allylic oxidation sites excluding steroid dienone is 12. The summed E-state index contributed by atoms with van der Waals surface area (Å²) in [5.41, 5.74) is 0. The van der Waals surface area contributed by atoms with Crippen LogP contribution in [0, 0.1) is 0 Å². The van der Waals surface area contributed by atoms with E-state index in [4.69, 9.17) is 18.9 Å². The fraction of sp³-hybridized carbons (Fsp3) is 0.792. The molecular formula is C72H129NO8. The van der Waals surface area contributed by atoms with Crippen LogP contribution in [0.3, 0.4) is 0 Å². The number of unbranched alkanes of at least 4 members (excludes halogenated alkanes) is 36. The molecular weight excluding hydrogens is 1010 g/mol. The number of carbonyl (C=O) groups is 3. The van der Waals surface area contributed by atoms with E-state index >= 15 is 0 Å². The highest BCUT2D eigenvalue weighted by Crippen LogP contribution is 2.18. The first-order valence-corrected chi connectivity index (χ1v) is 34.1. The molecule has 0 saturated carbocycles. The molecule has 0 aromatic rings. The average Bonchev–Trinajstić information content (AvgIpc) is 3.44. The van der Waals surface area contributed by atoms with E-state index in [1.54, 1.807) is 0 Å². The van der Waals surface area contributed by atoms with Crippen molar-refractivity contribution < 1.29 is 42.9 Å². The van der Waals surface area contributed by atoms with Gasteiger partial charge in [-0.1, -0.05) is 286 Å². The monoisotopic (exact) mass is 1140 g/mol. The second kappa shape index (κ2) is 62.8. The predicted octanol–water partition coefficient (Wildman–Crippen LogP) is 19.6. The molecule has 0 aromatic heterocycles. The smallest absolute Gasteiger partial charge is 0.306 e. The molecule has 0 heterocycles. The topological polar surface area (TPSA) is 111 Å². The van der Waals surface area contributed by atoms with Crippen molar-refractivity contribution in [3.05, 3.63) is 72.9 Å². The van der Waals surface area contributed by atoms with Crippen LogP contribution in [0.5, 0.6) is 0 Å². The molecule has 9 nitrogen and oxygen atoms in total. The second-order valence-electron chi connectivity index (χ2n) is 24.1. The molecule has 0 amide bonds. The lowest BCUT2D eigenvalue weighted by Crippen LogP contribution is -2.44. The van der Waals surface area contributed by atoms with E-state index in [1.807, 2.05) is 21.1 Å². The lowest BCUT2D eigenvalue weighted by atomic mass is 10.0. The summed E-state index contributed by atoms with van der Waals surface area (Å²) < 4.78 is 22.8. The zero-order valence-corrected chi connectivity index (χ0v) is 53.7. The molecule has 0 aliphatic carbocycles. The van der Waals surface area contributed by atoms with Gasteiger partial charge in [0.05, 0.1) is 40.3 Å². The van der Waals surface area contributed by atoms with Gasteiger partial charge in [-0.25, -0.2) is 0 Å². The highest BCUT2D eigenvalue weighted by atomic mass is 16.7. The standard InChI is InChI=1S/C72H129NO8/c1-6-8-10-12-14-16-18-20-22-24-26-28-29-30-31-32-33-34-35-36-37-38-39-40-41-43-45-47-49-51-53-55-57-59-61-63-70(75)81-68(67-80-72(71(76)77)78-65-64-73(3,4)5)66-79-69(74)62-60-58-56-54-52-50-48-46-44-42-27-25-23-21-19-17-15-13-11-9-7-2/h8,10,14,16,20,22,25-28,30-31,68,72H,6-7,9,11-13,15,17-19,21,23-24,29,32-67H2,1-5H3/b10-8-,16-14-,22-20-,27-25-,28-26-,31-30-. The van der Waals surface area contributed by atoms with Crippen molar-refractivity contribution >= 4 is 17.9 Å². The lowest BCUT2D eigenvalue weighted by molar-refractivity contribution is -0.870. The number of aliphatic carboxylic acids is 1. The van der Waals surface area contributed by atoms with Crippen molar-refractivity contribution in [1.82, 2.24) is 0 Å². The van der Waals surface area contributed by atoms with Crippen LogP contribution in [0.15, 0.2) is 72.9 Å². The molecule has 0 N–H and O–H groups in total. The number of rotatable bonds is 63. The molecule has 2 unspecified atom stereocenters. The minimum absolute atomic E-state index is 0.148. The molecule has 470 valence electrons. The Balaban J connectivity index is 4.07. The number of esters is 2. The summed E-state index contributed by atoms with van der Waals surface area (Å²) in [6, 6.07) is 0. The number of hydrogen-bond acceptors (Lipinski definition) is 8. The quantitative estimate of drug-likeness (QED) is 0.0195. The van der Waals surface area contributed by atoms with Gasteiger partial charge in [0.1, 0.15) is 13.2 Å². The number of ether oxygens (including phenoxy) is 4. The third kappa shape index (κ3) is 64.1. The Kier molecular flexibility index (Phi) is 60.2. The predicted molar refractivity (Wildman–Crippen MR) is 343 cm³/mol. The largest absolute Gasteiger partial charge is 0.545 e. The van der Waals surface area contributed by atoms with E-state index in [2.05, 4.69) is 86.8 Å². The van der Waals surface area contributed by atoms with Gasteiger partial charge in [0.25, 0.3) is 0 Å². The summed E-state index contributed by atoms with van der Waals surface area (Å²) in [7, 11) is 5.93. The van der Waals surface area contributed by atoms with Gasteiger partial charge in [-0.3, -0.25) is 9.59 Å². The Morgan fingerprint density at radius 3 is 1.06 bits per heavy atom. The average molecular weight is 1140 g/mol. The number of carboxylic acid groups (broad SMARTS) is 1. The van der Waals surface area contributed by atoms with E-state index < -0.39 is 24.3 Å². The van der Waals surface area contributed by atoms with Crippen LogP contribution in [0.1, 0.15) is 309 Å². The number of carboxylic acids is 1. The fourth-order valence-corrected chi connectivity index (χ4v) is 9.74. The molecule has 81 heavy (non-hydrogen) atoms. The Morgan fingerprint density at radius 2 is 0.704 bits per heavy atom. The third-order valence-electron chi connectivity index (χ3n) is 14.9. The Morgan fingerprint density at radius 1 is 0.383 bits per heavy atom. The maximum Gasteiger partial charge on any atom is 0.306 e. The van der Waals surface area contributed by atoms with Gasteiger partial charge in [0.2, 0.25) is 0 Å². The van der Waals surface area contributed by atoms with Crippen LogP contribution >= 0.6 is 0 Å². The number of hydrogen-bond donors (Lipinski definition) is 0. The number of quaternary nitrogens is 1. The minimum Gasteiger partial charge on any atom is -0.545 e. The van der Waals surface area contributed by atoms with Crippen LogP contribution in [0.4, 0.5) is 0 Å². The van der Waals surface area contributed by atoms with Crippen LogP contribution in [0.2, 0.25) is 0 Å². The molecule has 0 rings (SSSR count). The maximum absolute atomic E-state index is 12.9. The minimum atomic E-state index is -1.62. The summed E-state index contributed by atoms with van der Waals surface area (Å²) in [6.07, 6.45) is 79.8. The van der Waals surface area contributed by atoms with Gasteiger partial charge >= 0.3 is 11.9 Å². The van der Waals surface area contributed by atoms with Gasteiger partial charge in [-0.05, 0) is 83.5 Å². The normalized spacial score (nSPS) is 13.1. The van der Waals surface area contributed by atoms with Crippen LogP contribution < -0.4 is 5.11 Å². The van der Waals surface area contributed by atoms with E-state index in [0.717, 1.165) is 64.2 Å². The first-order chi connectivity index (χ1) is 39.6. The molecule has 0 spiro atoms. The summed E-state index contributed by atoms with van der Waals surface area (Å²) in [6.45, 7) is 4.67.